The first kappa shape index (κ1) is 15.4. The van der Waals surface area contributed by atoms with E-state index in [-0.39, 0.29) is 17.5 Å². The minimum atomic E-state index is 0.0710. The fourth-order valence-corrected chi connectivity index (χ4v) is 2.89. The van der Waals surface area contributed by atoms with Gasteiger partial charge >= 0.3 is 0 Å². The molecular formula is C14H29N3O. The van der Waals surface area contributed by atoms with Gasteiger partial charge in [-0.3, -0.25) is 9.69 Å². The van der Waals surface area contributed by atoms with E-state index >= 15 is 0 Å². The summed E-state index contributed by atoms with van der Waals surface area (Å²) in [6.45, 7) is 8.29. The molecule has 0 aromatic heterocycles. The Morgan fingerprint density at radius 1 is 1.39 bits per heavy atom. The first-order chi connectivity index (χ1) is 8.57. The molecule has 1 atom stereocenters. The topological polar surface area (TPSA) is 58.4 Å². The number of nitrogens with one attached hydrogen (secondary N) is 1. The van der Waals surface area contributed by atoms with Gasteiger partial charge in [-0.05, 0) is 32.7 Å². The van der Waals surface area contributed by atoms with Crippen LogP contribution in [0, 0.1) is 0 Å². The number of hydrogen-bond acceptors (Lipinski definition) is 3. The minimum absolute atomic E-state index is 0.0710. The molecule has 1 aliphatic carbocycles. The second-order valence-corrected chi connectivity index (χ2v) is 5.53. The van der Waals surface area contributed by atoms with Crippen molar-refractivity contribution in [3.8, 4) is 0 Å². The van der Waals surface area contributed by atoms with Crippen LogP contribution in [0.4, 0.5) is 0 Å². The van der Waals surface area contributed by atoms with E-state index in [0.29, 0.717) is 13.1 Å². The van der Waals surface area contributed by atoms with Crippen molar-refractivity contribution in [3.05, 3.63) is 0 Å². The highest BCUT2D eigenvalue weighted by atomic mass is 16.2. The quantitative estimate of drug-likeness (QED) is 0.725. The summed E-state index contributed by atoms with van der Waals surface area (Å²) in [5, 5.41) is 3.04. The number of nitrogens with two attached hydrogens (primary N) is 1. The van der Waals surface area contributed by atoms with Crippen molar-refractivity contribution in [2.24, 2.45) is 5.73 Å². The van der Waals surface area contributed by atoms with Gasteiger partial charge in [-0.2, -0.15) is 0 Å². The summed E-state index contributed by atoms with van der Waals surface area (Å²) in [4.78, 5) is 14.3. The van der Waals surface area contributed by atoms with Crippen molar-refractivity contribution in [1.29, 1.82) is 0 Å². The lowest BCUT2D eigenvalue weighted by molar-refractivity contribution is -0.124. The molecule has 0 aliphatic heterocycles. The molecule has 0 aromatic rings. The molecule has 0 bridgehead atoms. The van der Waals surface area contributed by atoms with E-state index in [9.17, 15) is 4.79 Å². The Morgan fingerprint density at radius 3 is 2.44 bits per heavy atom. The van der Waals surface area contributed by atoms with Gasteiger partial charge in [-0.1, -0.05) is 26.7 Å². The molecule has 106 valence electrons. The maximum Gasteiger partial charge on any atom is 0.234 e. The predicted molar refractivity (Wildman–Crippen MR) is 75.4 cm³/mol. The number of rotatable bonds is 7. The Morgan fingerprint density at radius 2 is 2.00 bits per heavy atom. The Kier molecular flexibility index (Phi) is 6.09. The Hall–Kier alpha value is -0.610. The van der Waals surface area contributed by atoms with Gasteiger partial charge in [0.15, 0.2) is 0 Å². The molecule has 4 heteroatoms. The summed E-state index contributed by atoms with van der Waals surface area (Å²) in [6, 6.07) is 0.258. The van der Waals surface area contributed by atoms with Gasteiger partial charge in [0.05, 0.1) is 6.54 Å². The highest BCUT2D eigenvalue weighted by Gasteiger charge is 2.38. The highest BCUT2D eigenvalue weighted by Crippen LogP contribution is 2.34. The van der Waals surface area contributed by atoms with Gasteiger partial charge in [0.2, 0.25) is 5.91 Å². The standard InChI is InChI=1S/C14H29N3O/c1-4-12(3)16-13(18)10-17(5-2)14(11-15)8-6-7-9-14/h12H,4-11,15H2,1-3H3,(H,16,18). The van der Waals surface area contributed by atoms with Crippen LogP contribution in [0.15, 0.2) is 0 Å². The Balaban J connectivity index is 2.58. The summed E-state index contributed by atoms with van der Waals surface area (Å²) >= 11 is 0. The molecule has 0 saturated heterocycles. The maximum absolute atomic E-state index is 12.0. The molecule has 0 radical (unpaired) electrons. The van der Waals surface area contributed by atoms with Crippen molar-refractivity contribution < 1.29 is 4.79 Å². The minimum Gasteiger partial charge on any atom is -0.353 e. The zero-order chi connectivity index (χ0) is 13.6. The zero-order valence-corrected chi connectivity index (χ0v) is 12.2. The second-order valence-electron chi connectivity index (χ2n) is 5.53. The number of likely N-dealkylation sites (N-methyl/N-ethyl adjacent to an activating group) is 1. The molecular weight excluding hydrogens is 226 g/mol. The molecule has 0 aromatic carbocycles. The van der Waals surface area contributed by atoms with Crippen molar-refractivity contribution in [1.82, 2.24) is 10.2 Å². The summed E-state index contributed by atoms with van der Waals surface area (Å²) in [5.74, 6) is 0.130. The van der Waals surface area contributed by atoms with E-state index < -0.39 is 0 Å². The van der Waals surface area contributed by atoms with Gasteiger partial charge in [-0.15, -0.1) is 0 Å². The lowest BCUT2D eigenvalue weighted by Crippen LogP contribution is -2.55. The number of carbonyl (C=O) groups is 1. The fourth-order valence-electron chi connectivity index (χ4n) is 2.89. The predicted octanol–water partition coefficient (Wildman–Crippen LogP) is 1.49. The largest absolute Gasteiger partial charge is 0.353 e. The van der Waals surface area contributed by atoms with E-state index in [1.54, 1.807) is 0 Å². The van der Waals surface area contributed by atoms with Gasteiger partial charge in [0.1, 0.15) is 0 Å². The molecule has 1 amide bonds. The van der Waals surface area contributed by atoms with Gasteiger partial charge in [-0.25, -0.2) is 0 Å². The third-order valence-corrected chi connectivity index (χ3v) is 4.32. The molecule has 3 N–H and O–H groups in total. The fraction of sp³-hybridized carbons (Fsp3) is 0.929. The van der Waals surface area contributed by atoms with Crippen LogP contribution in [0.1, 0.15) is 52.9 Å². The Bertz CT molecular complexity index is 262. The van der Waals surface area contributed by atoms with Crippen LogP contribution < -0.4 is 11.1 Å². The van der Waals surface area contributed by atoms with Gasteiger partial charge in [0.25, 0.3) is 0 Å². The second kappa shape index (κ2) is 7.10. The first-order valence-electron chi connectivity index (χ1n) is 7.32. The molecule has 4 nitrogen and oxygen atoms in total. The van der Waals surface area contributed by atoms with Crippen LogP contribution in [-0.2, 0) is 4.79 Å². The van der Waals surface area contributed by atoms with E-state index in [1.165, 1.54) is 12.8 Å². The van der Waals surface area contributed by atoms with Crippen LogP contribution >= 0.6 is 0 Å². The van der Waals surface area contributed by atoms with E-state index in [0.717, 1.165) is 25.8 Å². The van der Waals surface area contributed by atoms with Crippen molar-refractivity contribution in [2.45, 2.75) is 64.5 Å². The van der Waals surface area contributed by atoms with Gasteiger partial charge in [0, 0.05) is 18.1 Å². The van der Waals surface area contributed by atoms with Crippen molar-refractivity contribution in [3.63, 3.8) is 0 Å². The average molecular weight is 255 g/mol. The number of hydrogen-bond donors (Lipinski definition) is 2. The Labute approximate surface area is 111 Å². The summed E-state index contributed by atoms with van der Waals surface area (Å²) in [5.41, 5.74) is 6.05. The summed E-state index contributed by atoms with van der Waals surface area (Å²) < 4.78 is 0. The molecule has 0 spiro atoms. The third kappa shape index (κ3) is 3.69. The maximum atomic E-state index is 12.0. The molecule has 18 heavy (non-hydrogen) atoms. The van der Waals surface area contributed by atoms with E-state index in [1.807, 2.05) is 6.92 Å². The smallest absolute Gasteiger partial charge is 0.234 e. The van der Waals surface area contributed by atoms with Crippen LogP contribution in [-0.4, -0.2) is 42.0 Å². The zero-order valence-electron chi connectivity index (χ0n) is 12.2. The molecule has 1 fully saturated rings. The van der Waals surface area contributed by atoms with Crippen LogP contribution in [0.5, 0.6) is 0 Å². The summed E-state index contributed by atoms with van der Waals surface area (Å²) in [7, 11) is 0. The molecule has 1 rings (SSSR count). The normalized spacial score (nSPS) is 20.1. The molecule has 1 aliphatic rings. The first-order valence-corrected chi connectivity index (χ1v) is 7.32. The van der Waals surface area contributed by atoms with Crippen LogP contribution in [0.2, 0.25) is 0 Å². The highest BCUT2D eigenvalue weighted by molar-refractivity contribution is 5.78. The molecule has 1 saturated carbocycles. The van der Waals surface area contributed by atoms with Crippen LogP contribution in [0.3, 0.4) is 0 Å². The van der Waals surface area contributed by atoms with Gasteiger partial charge < -0.3 is 11.1 Å². The van der Waals surface area contributed by atoms with Crippen molar-refractivity contribution in [2.75, 3.05) is 19.6 Å². The monoisotopic (exact) mass is 255 g/mol. The van der Waals surface area contributed by atoms with E-state index in [2.05, 4.69) is 24.1 Å². The lowest BCUT2D eigenvalue weighted by Gasteiger charge is -2.39. The lowest BCUT2D eigenvalue weighted by atomic mass is 9.95. The SMILES string of the molecule is CCC(C)NC(=O)CN(CC)C1(CN)CCCC1. The molecule has 0 heterocycles. The van der Waals surface area contributed by atoms with E-state index in [4.69, 9.17) is 5.73 Å². The molecule has 1 unspecified atom stereocenters. The number of nitrogens with zero attached hydrogens (tertiary/aromatic N) is 1. The average Bonchev–Trinajstić information content (AvgIpc) is 2.85. The number of amides is 1. The third-order valence-electron chi connectivity index (χ3n) is 4.32. The van der Waals surface area contributed by atoms with Crippen LogP contribution in [0.25, 0.3) is 0 Å². The summed E-state index contributed by atoms with van der Waals surface area (Å²) in [6.07, 6.45) is 5.71. The number of carbonyl (C=O) groups excluding carboxylic acids is 1. The van der Waals surface area contributed by atoms with Crippen molar-refractivity contribution >= 4 is 5.91 Å².